The van der Waals surface area contributed by atoms with Crippen LogP contribution in [0.15, 0.2) is 24.3 Å². The lowest BCUT2D eigenvalue weighted by Gasteiger charge is -2.17. The molecule has 0 saturated carbocycles. The molecule has 1 rings (SSSR count). The molecule has 0 amide bonds. The molecule has 4 heteroatoms. The van der Waals surface area contributed by atoms with E-state index in [1.807, 2.05) is 0 Å². The van der Waals surface area contributed by atoms with Gasteiger partial charge in [-0.15, -0.1) is 0 Å². The molecule has 0 spiro atoms. The van der Waals surface area contributed by atoms with Crippen molar-refractivity contribution >= 4 is 11.6 Å². The summed E-state index contributed by atoms with van der Waals surface area (Å²) in [6, 6.07) is 6.60. The number of hydrogen-bond donors (Lipinski definition) is 3. The average Bonchev–Trinajstić information content (AvgIpc) is 2.17. The van der Waals surface area contributed by atoms with Gasteiger partial charge in [-0.3, -0.25) is 0 Å². The zero-order chi connectivity index (χ0) is 9.84. The Morgan fingerprint density at radius 3 is 2.31 bits per heavy atom. The van der Waals surface area contributed by atoms with Gasteiger partial charge in [0.15, 0.2) is 0 Å². The summed E-state index contributed by atoms with van der Waals surface area (Å²) in [5.74, 6) is 0. The van der Waals surface area contributed by atoms with Crippen LogP contribution in [0.4, 0.5) is 0 Å². The van der Waals surface area contributed by atoms with Gasteiger partial charge in [0.25, 0.3) is 0 Å². The summed E-state index contributed by atoms with van der Waals surface area (Å²) in [5.41, 5.74) is 11.8. The molecule has 1 aromatic carbocycles. The highest BCUT2D eigenvalue weighted by Crippen LogP contribution is 2.16. The number of aliphatic hydroxyl groups excluding tert-OH is 1. The monoisotopic (exact) mass is 200 g/mol. The molecule has 13 heavy (non-hydrogen) atoms. The maximum absolute atomic E-state index is 9.37. The summed E-state index contributed by atoms with van der Waals surface area (Å²) in [6.07, 6.45) is -0.707. The molecule has 0 heterocycles. The minimum atomic E-state index is -0.707. The molecule has 1 aromatic rings. The van der Waals surface area contributed by atoms with Gasteiger partial charge in [0, 0.05) is 11.6 Å². The van der Waals surface area contributed by atoms with Crippen LogP contribution < -0.4 is 11.5 Å². The molecule has 0 bridgehead atoms. The SMILES string of the molecule is NCC(O)C(N)c1ccc(Cl)cc1. The summed E-state index contributed by atoms with van der Waals surface area (Å²) in [4.78, 5) is 0. The minimum Gasteiger partial charge on any atom is -0.390 e. The second kappa shape index (κ2) is 4.58. The Kier molecular flexibility index (Phi) is 3.69. The Morgan fingerprint density at radius 1 is 1.31 bits per heavy atom. The molecule has 2 atom stereocenters. The van der Waals surface area contributed by atoms with Crippen LogP contribution in [-0.4, -0.2) is 17.8 Å². The Balaban J connectivity index is 2.77. The molecule has 72 valence electrons. The summed E-state index contributed by atoms with van der Waals surface area (Å²) >= 11 is 5.70. The van der Waals surface area contributed by atoms with Gasteiger partial charge < -0.3 is 16.6 Å². The van der Waals surface area contributed by atoms with Gasteiger partial charge in [0.05, 0.1) is 12.1 Å². The zero-order valence-corrected chi connectivity index (χ0v) is 7.91. The standard InChI is InChI=1S/C9H13ClN2O/c10-7-3-1-6(2-4-7)9(12)8(13)5-11/h1-4,8-9,13H,5,11-12H2. The van der Waals surface area contributed by atoms with Gasteiger partial charge in [-0.2, -0.15) is 0 Å². The fraction of sp³-hybridized carbons (Fsp3) is 0.333. The predicted octanol–water partition coefficient (Wildman–Crippen LogP) is 0.659. The van der Waals surface area contributed by atoms with E-state index in [0.717, 1.165) is 5.56 Å². The molecule has 0 aliphatic heterocycles. The molecule has 0 radical (unpaired) electrons. The van der Waals surface area contributed by atoms with Crippen LogP contribution in [0.25, 0.3) is 0 Å². The van der Waals surface area contributed by atoms with Crippen molar-refractivity contribution in [1.82, 2.24) is 0 Å². The van der Waals surface area contributed by atoms with Crippen molar-refractivity contribution in [2.75, 3.05) is 6.54 Å². The van der Waals surface area contributed by atoms with Crippen LogP contribution in [-0.2, 0) is 0 Å². The molecule has 3 nitrogen and oxygen atoms in total. The Labute approximate surface area is 82.3 Å². The zero-order valence-electron chi connectivity index (χ0n) is 7.15. The molecular formula is C9H13ClN2O. The molecule has 0 saturated heterocycles. The second-order valence-corrected chi connectivity index (χ2v) is 3.32. The maximum atomic E-state index is 9.37. The first-order chi connectivity index (χ1) is 6.15. The normalized spacial score (nSPS) is 15.4. The van der Waals surface area contributed by atoms with E-state index in [0.29, 0.717) is 5.02 Å². The van der Waals surface area contributed by atoms with Gasteiger partial charge >= 0.3 is 0 Å². The van der Waals surface area contributed by atoms with Crippen molar-refractivity contribution in [3.05, 3.63) is 34.9 Å². The maximum Gasteiger partial charge on any atom is 0.0854 e. The highest BCUT2D eigenvalue weighted by molar-refractivity contribution is 6.30. The second-order valence-electron chi connectivity index (χ2n) is 2.88. The molecule has 5 N–H and O–H groups in total. The number of halogens is 1. The Bertz CT molecular complexity index is 263. The first-order valence-corrected chi connectivity index (χ1v) is 4.42. The van der Waals surface area contributed by atoms with Crippen molar-refractivity contribution in [3.63, 3.8) is 0 Å². The van der Waals surface area contributed by atoms with Gasteiger partial charge in [-0.05, 0) is 17.7 Å². The van der Waals surface area contributed by atoms with E-state index < -0.39 is 12.1 Å². The first kappa shape index (κ1) is 10.5. The van der Waals surface area contributed by atoms with Gasteiger partial charge in [-0.25, -0.2) is 0 Å². The van der Waals surface area contributed by atoms with Crippen molar-refractivity contribution in [3.8, 4) is 0 Å². The summed E-state index contributed by atoms with van der Waals surface area (Å²) in [6.45, 7) is 0.157. The summed E-state index contributed by atoms with van der Waals surface area (Å²) in [5, 5.41) is 10.0. The van der Waals surface area contributed by atoms with Crippen LogP contribution in [0.3, 0.4) is 0 Å². The largest absolute Gasteiger partial charge is 0.390 e. The van der Waals surface area contributed by atoms with E-state index in [9.17, 15) is 5.11 Å². The minimum absolute atomic E-state index is 0.157. The summed E-state index contributed by atoms with van der Waals surface area (Å²) < 4.78 is 0. The van der Waals surface area contributed by atoms with Crippen LogP contribution in [0.5, 0.6) is 0 Å². The molecular weight excluding hydrogens is 188 g/mol. The number of aliphatic hydroxyl groups is 1. The molecule has 0 aromatic heterocycles. The van der Waals surface area contributed by atoms with E-state index in [1.165, 1.54) is 0 Å². The highest BCUT2D eigenvalue weighted by atomic mass is 35.5. The quantitative estimate of drug-likeness (QED) is 0.671. The number of rotatable bonds is 3. The van der Waals surface area contributed by atoms with E-state index in [2.05, 4.69) is 0 Å². The number of benzene rings is 1. The van der Waals surface area contributed by atoms with E-state index >= 15 is 0 Å². The predicted molar refractivity (Wildman–Crippen MR) is 53.4 cm³/mol. The number of nitrogens with two attached hydrogens (primary N) is 2. The molecule has 0 fully saturated rings. The van der Waals surface area contributed by atoms with Gasteiger partial charge in [-0.1, -0.05) is 23.7 Å². The van der Waals surface area contributed by atoms with Crippen molar-refractivity contribution in [1.29, 1.82) is 0 Å². The lowest BCUT2D eigenvalue weighted by atomic mass is 10.0. The molecule has 0 aliphatic rings. The third kappa shape index (κ3) is 2.67. The van der Waals surface area contributed by atoms with Crippen LogP contribution >= 0.6 is 11.6 Å². The van der Waals surface area contributed by atoms with E-state index in [4.69, 9.17) is 23.1 Å². The third-order valence-electron chi connectivity index (χ3n) is 1.91. The smallest absolute Gasteiger partial charge is 0.0854 e. The van der Waals surface area contributed by atoms with Crippen molar-refractivity contribution < 1.29 is 5.11 Å². The average molecular weight is 201 g/mol. The fourth-order valence-electron chi connectivity index (χ4n) is 1.05. The Hall–Kier alpha value is -0.610. The lowest BCUT2D eigenvalue weighted by Crippen LogP contribution is -2.32. The van der Waals surface area contributed by atoms with E-state index in [1.54, 1.807) is 24.3 Å². The van der Waals surface area contributed by atoms with Crippen LogP contribution in [0, 0.1) is 0 Å². The lowest BCUT2D eigenvalue weighted by molar-refractivity contribution is 0.153. The van der Waals surface area contributed by atoms with Crippen molar-refractivity contribution in [2.45, 2.75) is 12.1 Å². The van der Waals surface area contributed by atoms with E-state index in [-0.39, 0.29) is 6.54 Å². The topological polar surface area (TPSA) is 72.3 Å². The first-order valence-electron chi connectivity index (χ1n) is 4.04. The number of hydrogen-bond acceptors (Lipinski definition) is 3. The van der Waals surface area contributed by atoms with Gasteiger partial charge in [0.1, 0.15) is 0 Å². The molecule has 2 unspecified atom stereocenters. The fourth-order valence-corrected chi connectivity index (χ4v) is 1.18. The Morgan fingerprint density at radius 2 is 1.85 bits per heavy atom. The van der Waals surface area contributed by atoms with Crippen LogP contribution in [0.1, 0.15) is 11.6 Å². The summed E-state index contributed by atoms with van der Waals surface area (Å²) in [7, 11) is 0. The highest BCUT2D eigenvalue weighted by Gasteiger charge is 2.14. The van der Waals surface area contributed by atoms with Crippen molar-refractivity contribution in [2.24, 2.45) is 11.5 Å². The van der Waals surface area contributed by atoms with Gasteiger partial charge in [0.2, 0.25) is 0 Å². The third-order valence-corrected chi connectivity index (χ3v) is 2.16. The molecule has 0 aliphatic carbocycles. The van der Waals surface area contributed by atoms with Crippen LogP contribution in [0.2, 0.25) is 5.02 Å².